The van der Waals surface area contributed by atoms with Crippen LogP contribution in [0.1, 0.15) is 20.3 Å². The molecule has 2 aliphatic rings. The van der Waals surface area contributed by atoms with Gasteiger partial charge < -0.3 is 0 Å². The molecule has 0 N–H and O–H groups in total. The van der Waals surface area contributed by atoms with Crippen molar-refractivity contribution >= 4 is 28.8 Å². The second-order valence-electron chi connectivity index (χ2n) is 5.45. The number of para-hydroxylation sites is 1. The van der Waals surface area contributed by atoms with Crippen LogP contribution in [0.2, 0.25) is 0 Å². The number of amides is 1. The summed E-state index contributed by atoms with van der Waals surface area (Å²) in [6.07, 6.45) is 3.02. The van der Waals surface area contributed by atoms with Crippen molar-refractivity contribution in [1.82, 2.24) is 0 Å². The Morgan fingerprint density at radius 3 is 2.63 bits per heavy atom. The van der Waals surface area contributed by atoms with Crippen molar-refractivity contribution in [3.05, 3.63) is 42.0 Å². The van der Waals surface area contributed by atoms with Crippen molar-refractivity contribution in [3.63, 3.8) is 0 Å². The number of carbonyl (C=O) groups is 1. The molecule has 1 aliphatic heterocycles. The number of benzene rings is 1. The average Bonchev–Trinajstić information content (AvgIpc) is 2.67. The summed E-state index contributed by atoms with van der Waals surface area (Å²) in [7, 11) is 0. The van der Waals surface area contributed by atoms with Crippen molar-refractivity contribution in [2.45, 2.75) is 20.3 Å². The number of thiocarbonyl (C=S) groups is 1. The van der Waals surface area contributed by atoms with Gasteiger partial charge in [0.25, 0.3) is 0 Å². The summed E-state index contributed by atoms with van der Waals surface area (Å²) in [5.74, 6) is 0.750. The molecule has 98 valence electrons. The number of anilines is 1. The minimum absolute atomic E-state index is 0.0337. The minimum atomic E-state index is 0.0337. The lowest BCUT2D eigenvalue weighted by atomic mass is 9.75. The molecule has 1 aromatic carbocycles. The van der Waals surface area contributed by atoms with E-state index in [0.29, 0.717) is 5.92 Å². The molecule has 0 unspecified atom stereocenters. The molecule has 3 atom stereocenters. The van der Waals surface area contributed by atoms with E-state index in [1.54, 1.807) is 4.90 Å². The van der Waals surface area contributed by atoms with E-state index >= 15 is 0 Å². The van der Waals surface area contributed by atoms with E-state index in [1.165, 1.54) is 5.57 Å². The first kappa shape index (κ1) is 12.5. The number of fused-ring (bicyclic) bond motifs is 1. The fourth-order valence-electron chi connectivity index (χ4n) is 3.17. The van der Waals surface area contributed by atoms with Crippen LogP contribution in [0.15, 0.2) is 42.0 Å². The van der Waals surface area contributed by atoms with Gasteiger partial charge in [-0.25, -0.2) is 0 Å². The largest absolute Gasteiger partial charge is 0.274 e. The first-order valence-corrected chi connectivity index (χ1v) is 7.11. The van der Waals surface area contributed by atoms with Gasteiger partial charge in [-0.05, 0) is 31.4 Å². The third-order valence-corrected chi connectivity index (χ3v) is 4.90. The Balaban J connectivity index is 2.00. The molecule has 1 amide bonds. The normalized spacial score (nSPS) is 30.3. The highest BCUT2D eigenvalue weighted by Gasteiger charge is 2.48. The van der Waals surface area contributed by atoms with Crippen LogP contribution in [0.25, 0.3) is 0 Å². The molecule has 1 aliphatic carbocycles. The van der Waals surface area contributed by atoms with Gasteiger partial charge in [0, 0.05) is 11.6 Å². The predicted octanol–water partition coefficient (Wildman–Crippen LogP) is 3.58. The van der Waals surface area contributed by atoms with Crippen molar-refractivity contribution in [1.29, 1.82) is 0 Å². The Hall–Kier alpha value is -1.48. The molecular formula is C16H17NOS. The number of hydrogen-bond donors (Lipinski definition) is 0. The van der Waals surface area contributed by atoms with Gasteiger partial charge in [-0.3, -0.25) is 9.69 Å². The maximum Gasteiger partial charge on any atom is 0.236 e. The number of carbonyl (C=O) groups excluding carboxylic acids is 1. The van der Waals surface area contributed by atoms with Crippen LogP contribution in [0.3, 0.4) is 0 Å². The molecule has 0 bridgehead atoms. The smallest absolute Gasteiger partial charge is 0.236 e. The Morgan fingerprint density at radius 1 is 1.26 bits per heavy atom. The third kappa shape index (κ3) is 1.84. The van der Waals surface area contributed by atoms with Gasteiger partial charge >= 0.3 is 0 Å². The lowest BCUT2D eigenvalue weighted by Gasteiger charge is -2.28. The van der Waals surface area contributed by atoms with Crippen LogP contribution in [0, 0.1) is 17.8 Å². The summed E-state index contributed by atoms with van der Waals surface area (Å²) in [6, 6.07) is 9.74. The van der Waals surface area contributed by atoms with Crippen molar-refractivity contribution < 1.29 is 4.79 Å². The molecule has 3 heteroatoms. The monoisotopic (exact) mass is 271 g/mol. The van der Waals surface area contributed by atoms with Gasteiger partial charge in [0.15, 0.2) is 0 Å². The molecule has 1 aromatic rings. The molecule has 19 heavy (non-hydrogen) atoms. The lowest BCUT2D eigenvalue weighted by Crippen LogP contribution is -2.30. The highest BCUT2D eigenvalue weighted by Crippen LogP contribution is 2.43. The highest BCUT2D eigenvalue weighted by atomic mass is 32.1. The van der Waals surface area contributed by atoms with Crippen LogP contribution < -0.4 is 4.90 Å². The first-order valence-electron chi connectivity index (χ1n) is 6.70. The quantitative estimate of drug-likeness (QED) is 0.575. The Morgan fingerprint density at radius 2 is 1.95 bits per heavy atom. The van der Waals surface area contributed by atoms with Crippen LogP contribution in [-0.2, 0) is 4.79 Å². The third-order valence-electron chi connectivity index (χ3n) is 4.44. The van der Waals surface area contributed by atoms with Crippen LogP contribution in [-0.4, -0.2) is 10.9 Å². The number of nitrogens with zero attached hydrogens (tertiary/aromatic N) is 1. The number of hydrogen-bond acceptors (Lipinski definition) is 2. The van der Waals surface area contributed by atoms with E-state index < -0.39 is 0 Å². The van der Waals surface area contributed by atoms with E-state index in [9.17, 15) is 4.79 Å². The minimum Gasteiger partial charge on any atom is -0.274 e. The van der Waals surface area contributed by atoms with E-state index in [0.717, 1.165) is 17.1 Å². The molecule has 0 aromatic heterocycles. The number of rotatable bonds is 1. The molecular weight excluding hydrogens is 254 g/mol. The molecule has 2 nitrogen and oxygen atoms in total. The standard InChI is InChI=1S/C16H17NOS/c1-10-8-9-13-14(11(10)2)16(19)17(15(13)18)12-6-4-3-5-7-12/h3-8,11,13-14H,9H2,1-2H3/t11-,13+,14-/m0/s1. The topological polar surface area (TPSA) is 20.3 Å². The SMILES string of the molecule is CC1=CC[C@H]2C(=O)N(c3ccccc3)C(=S)[C@H]2[C@H]1C. The van der Waals surface area contributed by atoms with Crippen molar-refractivity contribution in [2.75, 3.05) is 4.90 Å². The summed E-state index contributed by atoms with van der Waals surface area (Å²) in [5.41, 5.74) is 2.25. The zero-order chi connectivity index (χ0) is 13.6. The Bertz CT molecular complexity index is 563. The van der Waals surface area contributed by atoms with Gasteiger partial charge in [0.2, 0.25) is 5.91 Å². The van der Waals surface area contributed by atoms with Gasteiger partial charge in [0.05, 0.1) is 10.9 Å². The molecule has 1 fully saturated rings. The zero-order valence-corrected chi connectivity index (χ0v) is 12.0. The van der Waals surface area contributed by atoms with E-state index in [-0.39, 0.29) is 17.7 Å². The average molecular weight is 271 g/mol. The summed E-state index contributed by atoms with van der Waals surface area (Å²) in [6.45, 7) is 4.32. The number of allylic oxidation sites excluding steroid dienone is 2. The highest BCUT2D eigenvalue weighted by molar-refractivity contribution is 7.80. The van der Waals surface area contributed by atoms with Crippen molar-refractivity contribution in [2.24, 2.45) is 17.8 Å². The lowest BCUT2D eigenvalue weighted by molar-refractivity contribution is -0.121. The Kier molecular flexibility index (Phi) is 3.02. The van der Waals surface area contributed by atoms with Gasteiger partial charge in [0.1, 0.15) is 0 Å². The second kappa shape index (κ2) is 4.57. The molecule has 3 rings (SSSR count). The van der Waals surface area contributed by atoms with E-state index in [2.05, 4.69) is 19.9 Å². The zero-order valence-electron chi connectivity index (χ0n) is 11.2. The maximum atomic E-state index is 12.6. The van der Waals surface area contributed by atoms with Gasteiger partial charge in [-0.15, -0.1) is 0 Å². The fraction of sp³-hybridized carbons (Fsp3) is 0.375. The fourth-order valence-corrected chi connectivity index (χ4v) is 3.74. The molecule has 1 heterocycles. The van der Waals surface area contributed by atoms with Crippen LogP contribution in [0.5, 0.6) is 0 Å². The molecule has 1 saturated heterocycles. The maximum absolute atomic E-state index is 12.6. The van der Waals surface area contributed by atoms with E-state index in [4.69, 9.17) is 12.2 Å². The Labute approximate surface area is 119 Å². The predicted molar refractivity (Wildman–Crippen MR) is 81.0 cm³/mol. The summed E-state index contributed by atoms with van der Waals surface area (Å²) in [5, 5.41) is 0. The first-order chi connectivity index (χ1) is 9.11. The summed E-state index contributed by atoms with van der Waals surface area (Å²) in [4.78, 5) is 15.1. The van der Waals surface area contributed by atoms with E-state index in [1.807, 2.05) is 30.3 Å². The molecule has 0 radical (unpaired) electrons. The van der Waals surface area contributed by atoms with Gasteiger partial charge in [-0.2, -0.15) is 0 Å². The summed E-state index contributed by atoms with van der Waals surface area (Å²) >= 11 is 5.61. The van der Waals surface area contributed by atoms with Crippen LogP contribution >= 0.6 is 12.2 Å². The van der Waals surface area contributed by atoms with Gasteiger partial charge in [-0.1, -0.05) is 49.0 Å². The van der Waals surface area contributed by atoms with Crippen molar-refractivity contribution in [3.8, 4) is 0 Å². The van der Waals surface area contributed by atoms with Crippen LogP contribution in [0.4, 0.5) is 5.69 Å². The summed E-state index contributed by atoms with van der Waals surface area (Å²) < 4.78 is 0. The second-order valence-corrected chi connectivity index (χ2v) is 5.87. The molecule has 0 spiro atoms. The molecule has 0 saturated carbocycles.